The summed E-state index contributed by atoms with van der Waals surface area (Å²) in [5, 5.41) is 7.85. The number of halogens is 1. The number of anilines is 1. The van der Waals surface area contributed by atoms with Crippen LogP contribution in [-0.4, -0.2) is 47.2 Å². The lowest BCUT2D eigenvalue weighted by atomic mass is 10.1. The number of hydrogen-bond donors (Lipinski definition) is 1. The summed E-state index contributed by atoms with van der Waals surface area (Å²) in [5.41, 5.74) is 5.99. The van der Waals surface area contributed by atoms with Crippen LogP contribution in [0.25, 0.3) is 11.3 Å². The average molecular weight is 395 g/mol. The molecule has 1 aromatic heterocycles. The summed E-state index contributed by atoms with van der Waals surface area (Å²) in [5.74, 6) is -0.00649. The topological polar surface area (TPSA) is 52.2 Å². The largest absolute Gasteiger partial charge is 0.368 e. The van der Waals surface area contributed by atoms with Crippen molar-refractivity contribution in [2.75, 3.05) is 31.1 Å². The summed E-state index contributed by atoms with van der Waals surface area (Å²) in [7, 11) is 0. The number of aryl methyl sites for hydroxylation is 2. The van der Waals surface area contributed by atoms with E-state index in [-0.39, 0.29) is 5.91 Å². The average Bonchev–Trinajstić information content (AvgIpc) is 3.18. The Kier molecular flexibility index (Phi) is 5.09. The minimum Gasteiger partial charge on any atom is -0.368 e. The molecule has 1 saturated heterocycles. The lowest BCUT2D eigenvalue weighted by Crippen LogP contribution is -2.49. The Morgan fingerprint density at radius 2 is 1.71 bits per heavy atom. The number of aromatic amines is 1. The molecule has 1 N–H and O–H groups in total. The number of piperazine rings is 1. The number of nitrogens with one attached hydrogen (secondary N) is 1. The zero-order chi connectivity index (χ0) is 19.7. The van der Waals surface area contributed by atoms with Crippen LogP contribution in [0, 0.1) is 13.8 Å². The summed E-state index contributed by atoms with van der Waals surface area (Å²) in [6, 6.07) is 15.8. The number of benzene rings is 2. The van der Waals surface area contributed by atoms with Gasteiger partial charge < -0.3 is 9.80 Å². The zero-order valence-electron chi connectivity index (χ0n) is 16.1. The number of carbonyl (C=O) groups is 1. The van der Waals surface area contributed by atoms with E-state index in [4.69, 9.17) is 11.6 Å². The van der Waals surface area contributed by atoms with Crippen molar-refractivity contribution in [3.05, 3.63) is 70.4 Å². The lowest BCUT2D eigenvalue weighted by molar-refractivity contribution is 0.0741. The molecule has 4 rings (SSSR count). The molecule has 28 heavy (non-hydrogen) atoms. The maximum atomic E-state index is 12.9. The Morgan fingerprint density at radius 3 is 2.39 bits per heavy atom. The zero-order valence-corrected chi connectivity index (χ0v) is 16.8. The molecular weight excluding hydrogens is 372 g/mol. The van der Waals surface area contributed by atoms with Crippen LogP contribution in [-0.2, 0) is 0 Å². The van der Waals surface area contributed by atoms with Gasteiger partial charge in [-0.2, -0.15) is 5.10 Å². The number of aromatic nitrogens is 2. The molecule has 3 aromatic rings. The van der Waals surface area contributed by atoms with Crippen LogP contribution < -0.4 is 4.90 Å². The minimum absolute atomic E-state index is 0.00649. The molecule has 2 aromatic carbocycles. The van der Waals surface area contributed by atoms with Gasteiger partial charge in [0.1, 0.15) is 5.69 Å². The van der Waals surface area contributed by atoms with Gasteiger partial charge in [-0.1, -0.05) is 41.4 Å². The van der Waals surface area contributed by atoms with Gasteiger partial charge in [-0.3, -0.25) is 9.89 Å². The van der Waals surface area contributed by atoms with E-state index in [1.54, 1.807) is 0 Å². The van der Waals surface area contributed by atoms with E-state index in [0.29, 0.717) is 23.8 Å². The third-order valence-electron chi connectivity index (χ3n) is 5.21. The smallest absolute Gasteiger partial charge is 0.272 e. The van der Waals surface area contributed by atoms with E-state index in [9.17, 15) is 4.79 Å². The van der Waals surface area contributed by atoms with Crippen molar-refractivity contribution in [2.24, 2.45) is 0 Å². The third kappa shape index (κ3) is 3.76. The molecule has 0 aliphatic carbocycles. The van der Waals surface area contributed by atoms with E-state index < -0.39 is 0 Å². The van der Waals surface area contributed by atoms with E-state index >= 15 is 0 Å². The first-order chi connectivity index (χ1) is 13.5. The van der Waals surface area contributed by atoms with Gasteiger partial charge in [0.2, 0.25) is 0 Å². The van der Waals surface area contributed by atoms with Gasteiger partial charge in [0.25, 0.3) is 5.91 Å². The molecule has 2 heterocycles. The first kappa shape index (κ1) is 18.6. The molecule has 1 aliphatic heterocycles. The molecule has 0 spiro atoms. The summed E-state index contributed by atoms with van der Waals surface area (Å²) >= 11 is 5.94. The second-order valence-electron chi connectivity index (χ2n) is 7.24. The maximum Gasteiger partial charge on any atom is 0.272 e. The van der Waals surface area contributed by atoms with Crippen LogP contribution in [0.15, 0.2) is 48.5 Å². The summed E-state index contributed by atoms with van der Waals surface area (Å²) < 4.78 is 0. The number of H-pyrrole nitrogens is 1. The molecule has 0 atom stereocenters. The molecule has 6 heteroatoms. The van der Waals surface area contributed by atoms with Crippen molar-refractivity contribution >= 4 is 23.2 Å². The van der Waals surface area contributed by atoms with Gasteiger partial charge in [-0.05, 0) is 43.7 Å². The molecule has 5 nitrogen and oxygen atoms in total. The van der Waals surface area contributed by atoms with Crippen LogP contribution in [0.2, 0.25) is 5.02 Å². The van der Waals surface area contributed by atoms with E-state index in [1.807, 2.05) is 35.2 Å². The predicted molar refractivity (Wildman–Crippen MR) is 113 cm³/mol. The van der Waals surface area contributed by atoms with Gasteiger partial charge in [0.05, 0.1) is 5.69 Å². The monoisotopic (exact) mass is 394 g/mol. The normalized spacial score (nSPS) is 14.4. The standard InChI is InChI=1S/C22H23ClN4O/c1-15-3-8-21(16(2)13-15)26-9-11-27(12-10-26)22(28)20-14-19(24-25-20)17-4-6-18(23)7-5-17/h3-8,13-14H,9-12H2,1-2H3,(H,24,25). The molecule has 1 fully saturated rings. The minimum atomic E-state index is -0.00649. The molecule has 0 unspecified atom stereocenters. The number of hydrogen-bond acceptors (Lipinski definition) is 3. The third-order valence-corrected chi connectivity index (χ3v) is 5.46. The number of rotatable bonds is 3. The van der Waals surface area contributed by atoms with Crippen LogP contribution in [0.3, 0.4) is 0 Å². The highest BCUT2D eigenvalue weighted by Crippen LogP contribution is 2.24. The van der Waals surface area contributed by atoms with Crippen LogP contribution >= 0.6 is 11.6 Å². The molecule has 144 valence electrons. The highest BCUT2D eigenvalue weighted by Gasteiger charge is 2.24. The Balaban J connectivity index is 1.42. The number of nitrogens with zero attached hydrogens (tertiary/aromatic N) is 3. The van der Waals surface area contributed by atoms with Crippen molar-refractivity contribution in [1.82, 2.24) is 15.1 Å². The lowest BCUT2D eigenvalue weighted by Gasteiger charge is -2.36. The molecular formula is C22H23ClN4O. The Morgan fingerprint density at radius 1 is 1.00 bits per heavy atom. The fourth-order valence-corrected chi connectivity index (χ4v) is 3.81. The first-order valence-electron chi connectivity index (χ1n) is 9.44. The first-order valence-corrected chi connectivity index (χ1v) is 9.82. The van der Waals surface area contributed by atoms with Gasteiger partial charge in [-0.15, -0.1) is 0 Å². The number of carbonyl (C=O) groups excluding carboxylic acids is 1. The van der Waals surface area contributed by atoms with E-state index in [0.717, 1.165) is 24.3 Å². The van der Waals surface area contributed by atoms with Gasteiger partial charge in [-0.25, -0.2) is 0 Å². The highest BCUT2D eigenvalue weighted by atomic mass is 35.5. The van der Waals surface area contributed by atoms with Crippen LogP contribution in [0.1, 0.15) is 21.6 Å². The predicted octanol–water partition coefficient (Wildman–Crippen LogP) is 4.31. The highest BCUT2D eigenvalue weighted by molar-refractivity contribution is 6.30. The quantitative estimate of drug-likeness (QED) is 0.720. The maximum absolute atomic E-state index is 12.9. The molecule has 0 bridgehead atoms. The molecule has 1 amide bonds. The van der Waals surface area contributed by atoms with Gasteiger partial charge >= 0.3 is 0 Å². The van der Waals surface area contributed by atoms with Gasteiger partial charge in [0.15, 0.2) is 0 Å². The molecule has 0 saturated carbocycles. The molecule has 0 radical (unpaired) electrons. The fraction of sp³-hybridized carbons (Fsp3) is 0.273. The van der Waals surface area contributed by atoms with E-state index in [2.05, 4.69) is 47.1 Å². The second kappa shape index (κ2) is 7.68. The Hall–Kier alpha value is -2.79. The van der Waals surface area contributed by atoms with Gasteiger partial charge in [0, 0.05) is 42.5 Å². The Bertz CT molecular complexity index is 988. The summed E-state index contributed by atoms with van der Waals surface area (Å²) in [6.45, 7) is 7.30. The second-order valence-corrected chi connectivity index (χ2v) is 7.68. The molecule has 1 aliphatic rings. The van der Waals surface area contributed by atoms with Crippen molar-refractivity contribution in [3.8, 4) is 11.3 Å². The van der Waals surface area contributed by atoms with Crippen molar-refractivity contribution in [2.45, 2.75) is 13.8 Å². The number of amides is 1. The van der Waals surface area contributed by atoms with Crippen molar-refractivity contribution in [1.29, 1.82) is 0 Å². The Labute approximate surface area is 169 Å². The summed E-state index contributed by atoms with van der Waals surface area (Å²) in [6.07, 6.45) is 0. The van der Waals surface area contributed by atoms with Crippen molar-refractivity contribution < 1.29 is 4.79 Å². The van der Waals surface area contributed by atoms with E-state index in [1.165, 1.54) is 16.8 Å². The fourth-order valence-electron chi connectivity index (χ4n) is 3.68. The van der Waals surface area contributed by atoms with Crippen LogP contribution in [0.5, 0.6) is 0 Å². The summed E-state index contributed by atoms with van der Waals surface area (Å²) in [4.78, 5) is 17.1. The van der Waals surface area contributed by atoms with Crippen molar-refractivity contribution in [3.63, 3.8) is 0 Å². The SMILES string of the molecule is Cc1ccc(N2CCN(C(=O)c3cc(-c4ccc(Cl)cc4)n[nH]3)CC2)c(C)c1. The van der Waals surface area contributed by atoms with Crippen LogP contribution in [0.4, 0.5) is 5.69 Å².